The van der Waals surface area contributed by atoms with E-state index in [1.54, 1.807) is 11.3 Å². The Kier molecular flexibility index (Phi) is 5.43. The van der Waals surface area contributed by atoms with Gasteiger partial charge in [-0.05, 0) is 49.1 Å². The monoisotopic (exact) mass is 276 g/mol. The average Bonchev–Trinajstić information content (AvgIpc) is 2.97. The van der Waals surface area contributed by atoms with Crippen molar-refractivity contribution in [3.05, 3.63) is 52.2 Å². The van der Waals surface area contributed by atoms with Crippen LogP contribution in [-0.2, 0) is 13.2 Å². The summed E-state index contributed by atoms with van der Waals surface area (Å²) in [6, 6.07) is 13.3. The van der Waals surface area contributed by atoms with E-state index in [9.17, 15) is 0 Å². The van der Waals surface area contributed by atoms with Crippen molar-refractivity contribution in [1.29, 1.82) is 0 Å². The number of rotatable bonds is 7. The second-order valence-electron chi connectivity index (χ2n) is 4.84. The first-order valence-electron chi connectivity index (χ1n) is 6.85. The Morgan fingerprint density at radius 2 is 2.00 bits per heavy atom. The Bertz CT molecular complexity index is 464. The molecular weight excluding hydrogens is 254 g/mol. The van der Waals surface area contributed by atoms with Crippen LogP contribution < -0.4 is 10.1 Å². The molecule has 0 saturated carbocycles. The first kappa shape index (κ1) is 14.1. The van der Waals surface area contributed by atoms with Gasteiger partial charge in [-0.2, -0.15) is 0 Å². The molecule has 0 fully saturated rings. The van der Waals surface area contributed by atoms with Gasteiger partial charge in [0.1, 0.15) is 18.9 Å². The van der Waals surface area contributed by atoms with Gasteiger partial charge in [-0.25, -0.2) is 0 Å². The molecule has 0 unspecified atom stereocenters. The molecule has 0 aliphatic rings. The Morgan fingerprint density at radius 3 is 2.63 bits per heavy atom. The largest absolute Gasteiger partial charge is 0.488 e. The van der Waals surface area contributed by atoms with Gasteiger partial charge in [-0.15, -0.1) is 11.3 Å². The summed E-state index contributed by atoms with van der Waals surface area (Å²) in [7, 11) is 0. The number of hydrogen-bond acceptors (Lipinski definition) is 2. The highest BCUT2D eigenvalue weighted by Crippen LogP contribution is 2.16. The van der Waals surface area contributed by atoms with Crippen LogP contribution in [-0.4, -0.2) is 6.04 Å². The van der Waals surface area contributed by atoms with Crippen molar-refractivity contribution in [2.24, 2.45) is 0 Å². The third-order valence-electron chi connectivity index (χ3n) is 3.28. The van der Waals surface area contributed by atoms with Crippen LogP contribution >= 0.6 is 11.3 Å². The normalized spacial score (nSPS) is 12.3. The molecule has 0 aliphatic carbocycles. The number of hydrogen-bond donors (Lipinski definition) is 1. The van der Waals surface area contributed by atoms with E-state index >= 15 is 0 Å². The van der Waals surface area contributed by atoms with Gasteiger partial charge in [0.15, 0.2) is 0 Å². The van der Waals surface area contributed by atoms with E-state index in [4.69, 9.17) is 4.74 Å². The van der Waals surface area contributed by atoms with Crippen LogP contribution in [0.4, 0.5) is 0 Å². The van der Waals surface area contributed by atoms with Gasteiger partial charge in [-0.3, -0.25) is 0 Å². The van der Waals surface area contributed by atoms with Gasteiger partial charge in [0.2, 0.25) is 0 Å². The minimum atomic E-state index is 0.663. The lowest BCUT2D eigenvalue weighted by atomic mass is 10.2. The fraction of sp³-hybridized carbons (Fsp3) is 0.375. The SMILES string of the molecule is CC[C@@H](C)[NH2+]Cc1ccc(OCc2cccs2)cc1. The van der Waals surface area contributed by atoms with Crippen LogP contribution in [0.5, 0.6) is 5.75 Å². The molecule has 0 radical (unpaired) electrons. The molecule has 2 rings (SSSR count). The minimum Gasteiger partial charge on any atom is -0.488 e. The van der Waals surface area contributed by atoms with Gasteiger partial charge >= 0.3 is 0 Å². The standard InChI is InChI=1S/C16H21NOS/c1-3-13(2)17-11-14-6-8-15(9-7-14)18-12-16-5-4-10-19-16/h4-10,13,17H,3,11-12H2,1-2H3/p+1/t13-/m1/s1. The van der Waals surface area contributed by atoms with Gasteiger partial charge < -0.3 is 10.1 Å². The van der Waals surface area contributed by atoms with E-state index in [1.807, 2.05) is 0 Å². The van der Waals surface area contributed by atoms with Crippen molar-refractivity contribution in [3.8, 4) is 5.75 Å². The van der Waals surface area contributed by atoms with Gasteiger partial charge in [-0.1, -0.05) is 13.0 Å². The van der Waals surface area contributed by atoms with Crippen molar-refractivity contribution in [1.82, 2.24) is 0 Å². The molecule has 0 aliphatic heterocycles. The van der Waals surface area contributed by atoms with E-state index in [0.29, 0.717) is 12.6 Å². The molecule has 0 spiro atoms. The Hall–Kier alpha value is -1.32. The number of ether oxygens (including phenoxy) is 1. The second-order valence-corrected chi connectivity index (χ2v) is 5.87. The maximum atomic E-state index is 5.75. The molecule has 0 bridgehead atoms. The highest BCUT2D eigenvalue weighted by Gasteiger charge is 2.02. The number of thiophene rings is 1. The van der Waals surface area contributed by atoms with E-state index in [0.717, 1.165) is 12.3 Å². The van der Waals surface area contributed by atoms with E-state index in [-0.39, 0.29) is 0 Å². The van der Waals surface area contributed by atoms with Gasteiger partial charge in [0.25, 0.3) is 0 Å². The van der Waals surface area contributed by atoms with Crippen molar-refractivity contribution >= 4 is 11.3 Å². The maximum absolute atomic E-state index is 5.75. The quantitative estimate of drug-likeness (QED) is 0.825. The van der Waals surface area contributed by atoms with E-state index < -0.39 is 0 Å². The fourth-order valence-electron chi connectivity index (χ4n) is 1.77. The molecule has 3 heteroatoms. The number of benzene rings is 1. The summed E-state index contributed by atoms with van der Waals surface area (Å²) in [5, 5.41) is 4.45. The van der Waals surface area contributed by atoms with Gasteiger partial charge in [0, 0.05) is 10.4 Å². The summed E-state index contributed by atoms with van der Waals surface area (Å²) in [5.41, 5.74) is 1.35. The first-order chi connectivity index (χ1) is 9.28. The van der Waals surface area contributed by atoms with Crippen molar-refractivity contribution in [2.75, 3.05) is 0 Å². The molecule has 2 N–H and O–H groups in total. The van der Waals surface area contributed by atoms with Gasteiger partial charge in [0.05, 0.1) is 6.04 Å². The molecule has 1 aromatic heterocycles. The molecule has 2 aromatic rings. The van der Waals surface area contributed by atoms with Crippen LogP contribution in [0.15, 0.2) is 41.8 Å². The zero-order valence-electron chi connectivity index (χ0n) is 11.6. The molecule has 1 heterocycles. The summed E-state index contributed by atoms with van der Waals surface area (Å²) < 4.78 is 5.75. The molecule has 0 amide bonds. The van der Waals surface area contributed by atoms with Crippen LogP contribution in [0.2, 0.25) is 0 Å². The Balaban J connectivity index is 1.81. The van der Waals surface area contributed by atoms with Crippen molar-refractivity contribution in [3.63, 3.8) is 0 Å². The number of quaternary nitrogens is 1. The average molecular weight is 276 g/mol. The third-order valence-corrected chi connectivity index (χ3v) is 4.13. The molecule has 1 atom stereocenters. The Morgan fingerprint density at radius 1 is 1.21 bits per heavy atom. The van der Waals surface area contributed by atoms with Crippen molar-refractivity contribution < 1.29 is 10.1 Å². The fourth-order valence-corrected chi connectivity index (χ4v) is 2.39. The highest BCUT2D eigenvalue weighted by atomic mass is 32.1. The predicted molar refractivity (Wildman–Crippen MR) is 80.5 cm³/mol. The lowest BCUT2D eigenvalue weighted by molar-refractivity contribution is -0.701. The summed E-state index contributed by atoms with van der Waals surface area (Å²) in [6.07, 6.45) is 1.21. The van der Waals surface area contributed by atoms with Crippen molar-refractivity contribution in [2.45, 2.75) is 39.5 Å². The van der Waals surface area contributed by atoms with Crippen LogP contribution in [0, 0.1) is 0 Å². The topological polar surface area (TPSA) is 25.8 Å². The zero-order valence-corrected chi connectivity index (χ0v) is 12.5. The maximum Gasteiger partial charge on any atom is 0.122 e. The zero-order chi connectivity index (χ0) is 13.5. The summed E-state index contributed by atoms with van der Waals surface area (Å²) in [4.78, 5) is 1.26. The van der Waals surface area contributed by atoms with E-state index in [1.165, 1.54) is 16.9 Å². The first-order valence-corrected chi connectivity index (χ1v) is 7.73. The Labute approximate surface area is 119 Å². The molecule has 0 saturated heterocycles. The summed E-state index contributed by atoms with van der Waals surface area (Å²) in [6.45, 7) is 6.19. The lowest BCUT2D eigenvalue weighted by Crippen LogP contribution is -2.87. The highest BCUT2D eigenvalue weighted by molar-refractivity contribution is 7.09. The summed E-state index contributed by atoms with van der Waals surface area (Å²) in [5.74, 6) is 0.945. The van der Waals surface area contributed by atoms with Crippen LogP contribution in [0.3, 0.4) is 0 Å². The minimum absolute atomic E-state index is 0.663. The number of nitrogens with two attached hydrogens (primary N) is 1. The second kappa shape index (κ2) is 7.31. The van der Waals surface area contributed by atoms with E-state index in [2.05, 4.69) is 60.9 Å². The molecule has 2 nitrogen and oxygen atoms in total. The predicted octanol–water partition coefficient (Wildman–Crippen LogP) is 3.19. The molecule has 19 heavy (non-hydrogen) atoms. The lowest BCUT2D eigenvalue weighted by Gasteiger charge is -2.09. The summed E-state index contributed by atoms with van der Waals surface area (Å²) >= 11 is 1.73. The smallest absolute Gasteiger partial charge is 0.122 e. The van der Waals surface area contributed by atoms with Crippen LogP contribution in [0.25, 0.3) is 0 Å². The molecular formula is C16H22NOS+. The third kappa shape index (κ3) is 4.69. The molecule has 1 aromatic carbocycles. The molecule has 102 valence electrons. The van der Waals surface area contributed by atoms with Crippen LogP contribution in [0.1, 0.15) is 30.7 Å².